The number of benzene rings is 2. The number of aliphatic hydroxyl groups excluding tert-OH is 1. The van der Waals surface area contributed by atoms with Gasteiger partial charge in [-0.05, 0) is 29.8 Å². The maximum absolute atomic E-state index is 13.2. The van der Waals surface area contributed by atoms with Gasteiger partial charge in [-0.2, -0.15) is 26.3 Å². The van der Waals surface area contributed by atoms with Crippen molar-refractivity contribution in [3.63, 3.8) is 0 Å². The van der Waals surface area contributed by atoms with Crippen LogP contribution in [0.3, 0.4) is 0 Å². The molecular weight excluding hydrogens is 456 g/mol. The van der Waals surface area contributed by atoms with Gasteiger partial charge in [-0.15, -0.1) is 0 Å². The summed E-state index contributed by atoms with van der Waals surface area (Å²) < 4.78 is 89.8. The van der Waals surface area contributed by atoms with Gasteiger partial charge in [0.1, 0.15) is 5.75 Å². The van der Waals surface area contributed by atoms with E-state index in [9.17, 15) is 36.2 Å². The average Bonchev–Trinajstić information content (AvgIpc) is 3.29. The molecular formula is C22H19F6NO4. The van der Waals surface area contributed by atoms with Gasteiger partial charge in [0.15, 0.2) is 0 Å². The van der Waals surface area contributed by atoms with E-state index in [0.717, 1.165) is 30.3 Å². The number of halogens is 6. The van der Waals surface area contributed by atoms with Gasteiger partial charge in [0.05, 0.1) is 48.2 Å². The van der Waals surface area contributed by atoms with E-state index in [0.29, 0.717) is 0 Å². The smallest absolute Gasteiger partial charge is 0.416 e. The van der Waals surface area contributed by atoms with Gasteiger partial charge in [-0.25, -0.2) is 0 Å². The Morgan fingerprint density at radius 2 is 1.73 bits per heavy atom. The summed E-state index contributed by atoms with van der Waals surface area (Å²) in [7, 11) is 1.22. The van der Waals surface area contributed by atoms with Crippen LogP contribution < -0.4 is 10.1 Å². The first kappa shape index (κ1) is 23.4. The monoisotopic (exact) mass is 475 g/mol. The van der Waals surface area contributed by atoms with Crippen LogP contribution in [-0.2, 0) is 21.9 Å². The van der Waals surface area contributed by atoms with E-state index < -0.39 is 59.5 Å². The van der Waals surface area contributed by atoms with Crippen LogP contribution >= 0.6 is 0 Å². The van der Waals surface area contributed by atoms with Gasteiger partial charge in [-0.1, -0.05) is 18.2 Å². The number of hydrogen-bond acceptors (Lipinski definition) is 4. The van der Waals surface area contributed by atoms with E-state index in [1.54, 1.807) is 0 Å². The lowest BCUT2D eigenvalue weighted by molar-refractivity contribution is -0.138. The van der Waals surface area contributed by atoms with E-state index in [-0.39, 0.29) is 23.4 Å². The third kappa shape index (κ3) is 4.39. The number of fused-ring (bicyclic) bond motifs is 2. The van der Waals surface area contributed by atoms with Crippen molar-refractivity contribution in [3.05, 3.63) is 59.2 Å². The first-order valence-corrected chi connectivity index (χ1v) is 9.97. The molecule has 0 radical (unpaired) electrons. The lowest BCUT2D eigenvalue weighted by Crippen LogP contribution is -2.41. The van der Waals surface area contributed by atoms with E-state index in [2.05, 4.69) is 5.32 Å². The zero-order valence-electron chi connectivity index (χ0n) is 17.1. The van der Waals surface area contributed by atoms with Crippen LogP contribution in [-0.4, -0.2) is 36.4 Å². The van der Waals surface area contributed by atoms with Crippen LogP contribution in [0.2, 0.25) is 0 Å². The Morgan fingerprint density at radius 1 is 1.06 bits per heavy atom. The van der Waals surface area contributed by atoms with Crippen molar-refractivity contribution in [2.75, 3.05) is 12.4 Å². The lowest BCUT2D eigenvalue weighted by atomic mass is 9.73. The molecule has 33 heavy (non-hydrogen) atoms. The second-order valence-corrected chi connectivity index (χ2v) is 8.02. The number of rotatable bonds is 4. The molecule has 0 saturated carbocycles. The molecule has 11 heteroatoms. The fourth-order valence-electron chi connectivity index (χ4n) is 4.56. The number of amides is 1. The topological polar surface area (TPSA) is 67.8 Å². The summed E-state index contributed by atoms with van der Waals surface area (Å²) in [5, 5.41) is 12.7. The van der Waals surface area contributed by atoms with Crippen molar-refractivity contribution < 1.29 is 45.7 Å². The molecule has 2 aliphatic heterocycles. The molecule has 0 aliphatic carbocycles. The van der Waals surface area contributed by atoms with Crippen LogP contribution in [0.25, 0.3) is 0 Å². The van der Waals surface area contributed by atoms with Crippen LogP contribution in [0.15, 0.2) is 42.5 Å². The molecule has 2 saturated heterocycles. The molecule has 0 aromatic heterocycles. The van der Waals surface area contributed by atoms with Crippen LogP contribution in [0, 0.1) is 5.92 Å². The van der Waals surface area contributed by atoms with Crippen molar-refractivity contribution >= 4 is 11.6 Å². The molecule has 4 rings (SSSR count). The molecule has 2 N–H and O–H groups in total. The van der Waals surface area contributed by atoms with Gasteiger partial charge in [0, 0.05) is 12.3 Å². The molecule has 2 aliphatic rings. The highest BCUT2D eigenvalue weighted by atomic mass is 19.4. The predicted molar refractivity (Wildman–Crippen MR) is 104 cm³/mol. The van der Waals surface area contributed by atoms with Crippen molar-refractivity contribution in [2.45, 2.75) is 43.0 Å². The van der Waals surface area contributed by atoms with Crippen molar-refractivity contribution in [3.8, 4) is 5.75 Å². The van der Waals surface area contributed by atoms with Gasteiger partial charge in [-0.3, -0.25) is 4.79 Å². The Hall–Kier alpha value is -2.79. The van der Waals surface area contributed by atoms with Crippen molar-refractivity contribution in [1.82, 2.24) is 0 Å². The second-order valence-electron chi connectivity index (χ2n) is 8.02. The summed E-state index contributed by atoms with van der Waals surface area (Å²) in [4.78, 5) is 13.2. The van der Waals surface area contributed by atoms with Crippen molar-refractivity contribution in [1.29, 1.82) is 0 Å². The number of alkyl halides is 6. The van der Waals surface area contributed by atoms with Gasteiger partial charge >= 0.3 is 12.4 Å². The number of ether oxygens (including phenoxy) is 2. The highest BCUT2D eigenvalue weighted by Gasteiger charge is 2.57. The number of carbonyl (C=O) groups excluding carboxylic acids is 1. The van der Waals surface area contributed by atoms with Gasteiger partial charge in [0.25, 0.3) is 0 Å². The fourth-order valence-corrected chi connectivity index (χ4v) is 4.56. The first-order chi connectivity index (χ1) is 15.4. The maximum Gasteiger partial charge on any atom is 0.416 e. The number of carbonyl (C=O) groups is 1. The highest BCUT2D eigenvalue weighted by molar-refractivity contribution is 5.95. The van der Waals surface area contributed by atoms with E-state index in [1.165, 1.54) is 19.2 Å². The van der Waals surface area contributed by atoms with Gasteiger partial charge in [0.2, 0.25) is 5.91 Å². The normalized spacial score (nSPS) is 27.0. The fraction of sp³-hybridized carbons (Fsp3) is 0.409. The summed E-state index contributed by atoms with van der Waals surface area (Å²) >= 11 is 0. The lowest BCUT2D eigenvalue weighted by Gasteiger charge is -2.30. The molecule has 178 valence electrons. The minimum absolute atomic E-state index is 0.0175. The Balaban J connectivity index is 1.67. The van der Waals surface area contributed by atoms with Crippen LogP contribution in [0.4, 0.5) is 32.0 Å². The Morgan fingerprint density at radius 3 is 2.36 bits per heavy atom. The van der Waals surface area contributed by atoms with Crippen LogP contribution in [0.1, 0.15) is 29.0 Å². The second kappa shape index (κ2) is 8.21. The number of aliphatic hydroxyl groups is 1. The summed E-state index contributed by atoms with van der Waals surface area (Å²) in [6.45, 7) is 0. The third-order valence-corrected chi connectivity index (χ3v) is 6.01. The largest absolute Gasteiger partial charge is 0.495 e. The molecule has 1 amide bonds. The quantitative estimate of drug-likeness (QED) is 0.635. The molecule has 2 fully saturated rings. The number of nitrogens with one attached hydrogen (secondary N) is 1. The van der Waals surface area contributed by atoms with Gasteiger partial charge < -0.3 is 19.9 Å². The van der Waals surface area contributed by atoms with Crippen molar-refractivity contribution in [2.24, 2.45) is 5.92 Å². The van der Waals surface area contributed by atoms with Crippen LogP contribution in [0.5, 0.6) is 5.75 Å². The van der Waals surface area contributed by atoms with E-state index >= 15 is 0 Å². The Kier molecular flexibility index (Phi) is 5.81. The molecule has 0 unspecified atom stereocenters. The maximum atomic E-state index is 13.2. The summed E-state index contributed by atoms with van der Waals surface area (Å²) in [5.74, 6) is -2.70. The van der Waals surface area contributed by atoms with E-state index in [1.807, 2.05) is 0 Å². The zero-order valence-corrected chi connectivity index (χ0v) is 17.1. The van der Waals surface area contributed by atoms with E-state index in [4.69, 9.17) is 9.47 Å². The molecule has 2 heterocycles. The summed E-state index contributed by atoms with van der Waals surface area (Å²) in [6.07, 6.45) is -11.9. The Bertz CT molecular complexity index is 1050. The molecule has 2 aromatic carbocycles. The molecule has 2 aromatic rings. The minimum Gasteiger partial charge on any atom is -0.495 e. The Labute approximate surface area is 184 Å². The average molecular weight is 475 g/mol. The number of hydrogen-bond donors (Lipinski definition) is 2. The molecule has 5 atom stereocenters. The first-order valence-electron chi connectivity index (χ1n) is 9.97. The summed E-state index contributed by atoms with van der Waals surface area (Å²) in [6, 6.07) is 6.96. The minimum atomic E-state index is -4.66. The molecule has 2 bridgehead atoms. The molecule has 5 nitrogen and oxygen atoms in total. The predicted octanol–water partition coefficient (Wildman–Crippen LogP) is 4.60. The molecule has 0 spiro atoms. The third-order valence-electron chi connectivity index (χ3n) is 6.01. The number of methoxy groups -OCH3 is 1. The standard InChI is InChI=1S/C22H19F6NO4/c1-32-15-6-5-12(22(26,27)28)8-13(15)29-20(31)18-16-9-14(30)19(33-16)17(18)10-3-2-4-11(7-10)21(23,24)25/h2-8,14,16-19,30H,9H2,1H3,(H,29,31)/t14-,16+,17+,18-,19-/m0/s1. The SMILES string of the molecule is COc1ccc(C(F)(F)F)cc1NC(=O)[C@@H]1[C@@H](c2cccc(C(F)(F)F)c2)[C@H]2O[C@@H]1C[C@@H]2O. The summed E-state index contributed by atoms with van der Waals surface area (Å²) in [5.41, 5.74) is -2.01. The zero-order chi connectivity index (χ0) is 24.1. The number of anilines is 1. The highest BCUT2D eigenvalue weighted by Crippen LogP contribution is 2.50.